The van der Waals surface area contributed by atoms with Crippen LogP contribution in [0.5, 0.6) is 0 Å². The summed E-state index contributed by atoms with van der Waals surface area (Å²) in [6.45, 7) is 11.3. The molecule has 0 bridgehead atoms. The topological polar surface area (TPSA) is 78.5 Å². The number of amides is 2. The van der Waals surface area contributed by atoms with Gasteiger partial charge in [0.2, 0.25) is 10.0 Å². The van der Waals surface area contributed by atoms with Crippen molar-refractivity contribution >= 4 is 21.7 Å². The largest absolute Gasteiger partial charge is 0.332 e. The van der Waals surface area contributed by atoms with E-state index in [1.165, 1.54) is 22.3 Å². The maximum atomic E-state index is 12.6. The number of nitrogens with zero attached hydrogens (tertiary/aromatic N) is 1. The van der Waals surface area contributed by atoms with Gasteiger partial charge < -0.3 is 5.32 Å². The molecule has 1 aromatic rings. The maximum absolute atomic E-state index is 12.6. The lowest BCUT2D eigenvalue weighted by atomic mass is 9.99. The number of hydrogen-bond donors (Lipinski definition) is 2. The van der Waals surface area contributed by atoms with Crippen LogP contribution in [0.3, 0.4) is 0 Å². The van der Waals surface area contributed by atoms with Gasteiger partial charge in [0, 0.05) is 17.3 Å². The number of nitrogens with one attached hydrogen (secondary N) is 2. The highest BCUT2D eigenvalue weighted by Gasteiger charge is 2.27. The number of aryl methyl sites for hydroxylation is 2. The van der Waals surface area contributed by atoms with E-state index in [9.17, 15) is 13.2 Å². The van der Waals surface area contributed by atoms with E-state index < -0.39 is 16.1 Å². The van der Waals surface area contributed by atoms with Crippen LogP contribution < -0.4 is 10.0 Å². The van der Waals surface area contributed by atoms with Gasteiger partial charge in [0.1, 0.15) is 0 Å². The van der Waals surface area contributed by atoms with Crippen molar-refractivity contribution in [1.82, 2.24) is 9.62 Å². The van der Waals surface area contributed by atoms with E-state index in [1.54, 1.807) is 0 Å². The summed E-state index contributed by atoms with van der Waals surface area (Å²) in [4.78, 5) is 14.9. The molecule has 0 atom stereocenters. The van der Waals surface area contributed by atoms with E-state index in [1.807, 2.05) is 0 Å². The second-order valence-corrected chi connectivity index (χ2v) is 11.8. The number of hydrogen-bond acceptors (Lipinski definition) is 4. The number of anilines is 1. The highest BCUT2D eigenvalue weighted by Crippen LogP contribution is 2.38. The zero-order valence-corrected chi connectivity index (χ0v) is 19.9. The SMILES string of the molecule is CC(C)N(CCCS(=O)(=O)NC(=O)Nc1c2c(cc3c1CCC3)CCC2)C(C)(C)C. The minimum absolute atomic E-state index is 0.0310. The number of carbonyl (C=O) groups is 1. The van der Waals surface area contributed by atoms with Gasteiger partial charge in [-0.05, 0) is 108 Å². The van der Waals surface area contributed by atoms with Crippen LogP contribution in [-0.4, -0.2) is 43.2 Å². The third-order valence-electron chi connectivity index (χ3n) is 6.26. The Morgan fingerprint density at radius 2 is 1.63 bits per heavy atom. The Bertz CT molecular complexity index is 869. The molecule has 1 aromatic carbocycles. The zero-order chi connectivity index (χ0) is 22.1. The molecule has 168 valence electrons. The van der Waals surface area contributed by atoms with Crippen molar-refractivity contribution in [2.24, 2.45) is 0 Å². The third kappa shape index (κ3) is 5.35. The summed E-state index contributed by atoms with van der Waals surface area (Å²) in [5.74, 6) is -0.0648. The van der Waals surface area contributed by atoms with Crippen LogP contribution in [0.2, 0.25) is 0 Å². The molecule has 2 N–H and O–H groups in total. The smallest absolute Gasteiger partial charge is 0.307 e. The lowest BCUT2D eigenvalue weighted by Gasteiger charge is -2.39. The van der Waals surface area contributed by atoms with Gasteiger partial charge in [-0.25, -0.2) is 17.9 Å². The Labute approximate surface area is 181 Å². The van der Waals surface area contributed by atoms with Gasteiger partial charge in [-0.3, -0.25) is 4.90 Å². The fraction of sp³-hybridized carbons (Fsp3) is 0.696. The van der Waals surface area contributed by atoms with E-state index in [-0.39, 0.29) is 11.3 Å². The number of fused-ring (bicyclic) bond motifs is 2. The van der Waals surface area contributed by atoms with Gasteiger partial charge in [-0.15, -0.1) is 0 Å². The Hall–Kier alpha value is -1.60. The highest BCUT2D eigenvalue weighted by atomic mass is 32.2. The summed E-state index contributed by atoms with van der Waals surface area (Å²) in [5, 5.41) is 2.90. The Balaban J connectivity index is 1.61. The van der Waals surface area contributed by atoms with Gasteiger partial charge in [0.15, 0.2) is 0 Å². The lowest BCUT2D eigenvalue weighted by Crippen LogP contribution is -2.47. The van der Waals surface area contributed by atoms with Gasteiger partial charge in [-0.1, -0.05) is 6.07 Å². The second kappa shape index (κ2) is 8.87. The zero-order valence-electron chi connectivity index (χ0n) is 19.1. The third-order valence-corrected chi connectivity index (χ3v) is 7.58. The van der Waals surface area contributed by atoms with Gasteiger partial charge in [-0.2, -0.15) is 0 Å². The summed E-state index contributed by atoms with van der Waals surface area (Å²) in [5.41, 5.74) is 5.84. The van der Waals surface area contributed by atoms with Crippen LogP contribution in [0, 0.1) is 0 Å². The fourth-order valence-electron chi connectivity index (χ4n) is 5.09. The Kier molecular flexibility index (Phi) is 6.82. The van der Waals surface area contributed by atoms with E-state index in [4.69, 9.17) is 0 Å². The predicted octanol–water partition coefficient (Wildman–Crippen LogP) is 4.01. The van der Waals surface area contributed by atoms with Gasteiger partial charge in [0.25, 0.3) is 0 Å². The molecular weight excluding hydrogens is 398 g/mol. The molecule has 0 unspecified atom stereocenters. The van der Waals surface area contributed by atoms with Crippen LogP contribution in [-0.2, 0) is 35.7 Å². The first-order valence-corrected chi connectivity index (χ1v) is 12.9. The molecule has 2 aliphatic rings. The van der Waals surface area contributed by atoms with Crippen LogP contribution >= 0.6 is 0 Å². The monoisotopic (exact) mass is 435 g/mol. The lowest BCUT2D eigenvalue weighted by molar-refractivity contribution is 0.0995. The first-order valence-electron chi connectivity index (χ1n) is 11.2. The average Bonchev–Trinajstić information content (AvgIpc) is 3.25. The van der Waals surface area contributed by atoms with Crippen LogP contribution in [0.4, 0.5) is 10.5 Å². The molecule has 0 fully saturated rings. The molecule has 0 aliphatic heterocycles. The van der Waals surface area contributed by atoms with Crippen molar-refractivity contribution in [2.45, 2.75) is 91.1 Å². The molecular formula is C23H37N3O3S. The predicted molar refractivity (Wildman–Crippen MR) is 123 cm³/mol. The van der Waals surface area contributed by atoms with Gasteiger partial charge >= 0.3 is 6.03 Å². The van der Waals surface area contributed by atoms with Crippen LogP contribution in [0.1, 0.15) is 76.1 Å². The summed E-state index contributed by atoms with van der Waals surface area (Å²) >= 11 is 0. The van der Waals surface area contributed by atoms with E-state index in [0.717, 1.165) is 44.2 Å². The standard InChI is InChI=1S/C23H37N3O3S/c1-16(2)26(23(3,4)5)13-8-14-30(28,29)25-22(27)24-21-19-11-6-9-17(19)15-18-10-7-12-20(18)21/h15-16H,6-14H2,1-5H3,(H2,24,25,27). The molecule has 30 heavy (non-hydrogen) atoms. The normalized spacial score (nSPS) is 16.1. The van der Waals surface area contributed by atoms with Crippen LogP contribution in [0.15, 0.2) is 6.07 Å². The summed E-state index contributed by atoms with van der Waals surface area (Å²) in [6.07, 6.45) is 6.63. The molecule has 0 radical (unpaired) electrons. The number of rotatable bonds is 7. The first kappa shape index (κ1) is 23.1. The minimum Gasteiger partial charge on any atom is -0.307 e. The van der Waals surface area contributed by atoms with Crippen molar-refractivity contribution in [3.05, 3.63) is 28.3 Å². The highest BCUT2D eigenvalue weighted by molar-refractivity contribution is 7.90. The van der Waals surface area contributed by atoms with Crippen molar-refractivity contribution in [1.29, 1.82) is 0 Å². The van der Waals surface area contributed by atoms with Crippen molar-refractivity contribution in [3.63, 3.8) is 0 Å². The van der Waals surface area contributed by atoms with E-state index >= 15 is 0 Å². The number of urea groups is 1. The average molecular weight is 436 g/mol. The molecule has 6 nitrogen and oxygen atoms in total. The van der Waals surface area contributed by atoms with Crippen LogP contribution in [0.25, 0.3) is 0 Å². The second-order valence-electron chi connectivity index (χ2n) is 9.92. The molecule has 0 spiro atoms. The molecule has 2 aliphatic carbocycles. The summed E-state index contributed by atoms with van der Waals surface area (Å²) in [7, 11) is -3.68. The molecule has 7 heteroatoms. The molecule has 0 heterocycles. The Morgan fingerprint density at radius 1 is 1.07 bits per heavy atom. The molecule has 0 saturated heterocycles. The fourth-order valence-corrected chi connectivity index (χ4v) is 6.04. The summed E-state index contributed by atoms with van der Waals surface area (Å²) < 4.78 is 27.3. The van der Waals surface area contributed by atoms with Crippen molar-refractivity contribution in [2.75, 3.05) is 17.6 Å². The number of benzene rings is 1. The minimum atomic E-state index is -3.68. The number of carbonyl (C=O) groups excluding carboxylic acids is 1. The van der Waals surface area contributed by atoms with E-state index in [2.05, 4.69) is 55.6 Å². The maximum Gasteiger partial charge on any atom is 0.332 e. The van der Waals surface area contributed by atoms with Gasteiger partial charge in [0.05, 0.1) is 5.75 Å². The first-order chi connectivity index (χ1) is 14.0. The molecule has 3 rings (SSSR count). The van der Waals surface area contributed by atoms with Crippen molar-refractivity contribution < 1.29 is 13.2 Å². The quantitative estimate of drug-likeness (QED) is 0.678. The molecule has 0 saturated carbocycles. The van der Waals surface area contributed by atoms with Crippen molar-refractivity contribution in [3.8, 4) is 0 Å². The van der Waals surface area contributed by atoms with E-state index in [0.29, 0.717) is 19.0 Å². The molecule has 2 amide bonds. The molecule has 0 aromatic heterocycles. The Morgan fingerprint density at radius 3 is 2.13 bits per heavy atom. The number of sulfonamides is 1. The summed E-state index contributed by atoms with van der Waals surface area (Å²) in [6, 6.07) is 1.98.